The van der Waals surface area contributed by atoms with E-state index in [1.54, 1.807) is 67.8 Å². The Kier molecular flexibility index (Phi) is 6.81. The molecule has 0 saturated carbocycles. The summed E-state index contributed by atoms with van der Waals surface area (Å²) in [5.41, 5.74) is 4.33. The molecule has 0 aliphatic rings. The molecule has 1 heterocycles. The lowest BCUT2D eigenvalue weighted by Crippen LogP contribution is -2.13. The number of fused-ring (bicyclic) bond motifs is 1. The maximum atomic E-state index is 12.6. The standard InChI is InChI=1S/C28H20Cl2N4O3/c1-37-20-12-7-17(8-13-20)27(35)32-19-11-14-23-24(15-19)34-26(33-23)16-5-9-18(10-6-16)31-28(36)25-21(29)3-2-4-22(25)30/h2-15H,1H3,(H,31,36)(H,32,35)(H,33,34). The van der Waals surface area contributed by atoms with Crippen molar-refractivity contribution in [2.45, 2.75) is 0 Å². The number of imidazole rings is 1. The van der Waals surface area contributed by atoms with Crippen molar-refractivity contribution in [3.8, 4) is 17.1 Å². The molecule has 0 aliphatic carbocycles. The van der Waals surface area contributed by atoms with Crippen molar-refractivity contribution in [1.29, 1.82) is 0 Å². The quantitative estimate of drug-likeness (QED) is 0.219. The predicted octanol–water partition coefficient (Wildman–Crippen LogP) is 7.05. The number of rotatable bonds is 6. The summed E-state index contributed by atoms with van der Waals surface area (Å²) in [5, 5.41) is 6.26. The largest absolute Gasteiger partial charge is 0.497 e. The van der Waals surface area contributed by atoms with E-state index in [1.165, 1.54) is 0 Å². The van der Waals surface area contributed by atoms with Crippen LogP contribution in [0.5, 0.6) is 5.75 Å². The van der Waals surface area contributed by atoms with E-state index in [1.807, 2.05) is 24.3 Å². The van der Waals surface area contributed by atoms with Crippen molar-refractivity contribution < 1.29 is 14.3 Å². The number of H-pyrrole nitrogens is 1. The number of anilines is 2. The number of hydrogen-bond acceptors (Lipinski definition) is 4. The highest BCUT2D eigenvalue weighted by molar-refractivity contribution is 6.40. The fraction of sp³-hybridized carbons (Fsp3) is 0.0357. The van der Waals surface area contributed by atoms with Crippen LogP contribution < -0.4 is 15.4 Å². The van der Waals surface area contributed by atoms with Gasteiger partial charge in [0.15, 0.2) is 0 Å². The fourth-order valence-electron chi connectivity index (χ4n) is 3.79. The Morgan fingerprint density at radius 1 is 0.811 bits per heavy atom. The number of amides is 2. The van der Waals surface area contributed by atoms with E-state index in [0.29, 0.717) is 28.5 Å². The van der Waals surface area contributed by atoms with Gasteiger partial charge in [0.25, 0.3) is 11.8 Å². The second kappa shape index (κ2) is 10.3. The summed E-state index contributed by atoms with van der Waals surface area (Å²) in [6.45, 7) is 0. The van der Waals surface area contributed by atoms with Crippen LogP contribution in [0.15, 0.2) is 84.9 Å². The molecule has 0 atom stereocenters. The molecule has 5 aromatic rings. The summed E-state index contributed by atoms with van der Waals surface area (Å²) in [5.74, 6) is 0.720. The van der Waals surface area contributed by atoms with Crippen molar-refractivity contribution in [2.24, 2.45) is 0 Å². The smallest absolute Gasteiger partial charge is 0.258 e. The highest BCUT2D eigenvalue weighted by Crippen LogP contribution is 2.27. The van der Waals surface area contributed by atoms with E-state index in [-0.39, 0.29) is 21.5 Å². The summed E-state index contributed by atoms with van der Waals surface area (Å²) in [6, 6.07) is 24.5. The minimum Gasteiger partial charge on any atom is -0.497 e. The second-order valence-electron chi connectivity index (χ2n) is 8.13. The number of nitrogens with one attached hydrogen (secondary N) is 3. The molecule has 184 valence electrons. The first kappa shape index (κ1) is 24.4. The summed E-state index contributed by atoms with van der Waals surface area (Å²) in [4.78, 5) is 33.1. The summed E-state index contributed by atoms with van der Waals surface area (Å²) < 4.78 is 5.13. The molecular formula is C28H20Cl2N4O3. The van der Waals surface area contributed by atoms with Gasteiger partial charge in [0, 0.05) is 22.5 Å². The van der Waals surface area contributed by atoms with Crippen LogP contribution in [0.3, 0.4) is 0 Å². The molecule has 0 saturated heterocycles. The third-order valence-corrected chi connectivity index (χ3v) is 6.33. The molecule has 0 fully saturated rings. The molecule has 3 N–H and O–H groups in total. The zero-order valence-electron chi connectivity index (χ0n) is 19.5. The number of aromatic amines is 1. The third kappa shape index (κ3) is 5.28. The monoisotopic (exact) mass is 530 g/mol. The SMILES string of the molecule is COc1ccc(C(=O)Nc2ccc3nc(-c4ccc(NC(=O)c5c(Cl)cccc5Cl)cc4)[nH]c3c2)cc1. The van der Waals surface area contributed by atoms with E-state index in [2.05, 4.69) is 20.6 Å². The number of aromatic nitrogens is 2. The van der Waals surface area contributed by atoms with Crippen LogP contribution in [0, 0.1) is 0 Å². The van der Waals surface area contributed by atoms with Gasteiger partial charge in [-0.3, -0.25) is 9.59 Å². The van der Waals surface area contributed by atoms with Crippen molar-refractivity contribution in [3.05, 3.63) is 106 Å². The van der Waals surface area contributed by atoms with Gasteiger partial charge in [0.05, 0.1) is 33.8 Å². The van der Waals surface area contributed by atoms with E-state index >= 15 is 0 Å². The van der Waals surface area contributed by atoms with Crippen LogP contribution in [0.2, 0.25) is 10.0 Å². The Labute approximate surface area is 222 Å². The van der Waals surface area contributed by atoms with Gasteiger partial charge in [0.2, 0.25) is 0 Å². The molecule has 7 nitrogen and oxygen atoms in total. The van der Waals surface area contributed by atoms with E-state index in [4.69, 9.17) is 27.9 Å². The Balaban J connectivity index is 1.30. The van der Waals surface area contributed by atoms with Crippen LogP contribution in [0.25, 0.3) is 22.4 Å². The van der Waals surface area contributed by atoms with Gasteiger partial charge in [-0.15, -0.1) is 0 Å². The topological polar surface area (TPSA) is 96.1 Å². The van der Waals surface area contributed by atoms with E-state index in [0.717, 1.165) is 16.6 Å². The fourth-order valence-corrected chi connectivity index (χ4v) is 4.36. The highest BCUT2D eigenvalue weighted by Gasteiger charge is 2.15. The zero-order valence-corrected chi connectivity index (χ0v) is 21.0. The summed E-state index contributed by atoms with van der Waals surface area (Å²) in [6.07, 6.45) is 0. The lowest BCUT2D eigenvalue weighted by atomic mass is 10.1. The minimum absolute atomic E-state index is 0.224. The number of nitrogens with zero attached hydrogens (tertiary/aromatic N) is 1. The zero-order chi connectivity index (χ0) is 25.9. The Hall–Kier alpha value is -4.33. The maximum Gasteiger partial charge on any atom is 0.258 e. The molecule has 0 aliphatic heterocycles. The molecule has 37 heavy (non-hydrogen) atoms. The Morgan fingerprint density at radius 3 is 2.14 bits per heavy atom. The van der Waals surface area contributed by atoms with E-state index < -0.39 is 5.91 Å². The average molecular weight is 531 g/mol. The Morgan fingerprint density at radius 2 is 1.46 bits per heavy atom. The molecule has 2 amide bonds. The first-order chi connectivity index (χ1) is 17.9. The molecule has 0 radical (unpaired) electrons. The number of ether oxygens (including phenoxy) is 1. The first-order valence-corrected chi connectivity index (χ1v) is 12.0. The van der Waals surface area contributed by atoms with Crippen LogP contribution in [-0.2, 0) is 0 Å². The Bertz CT molecular complexity index is 1590. The van der Waals surface area contributed by atoms with Crippen molar-refractivity contribution in [3.63, 3.8) is 0 Å². The molecule has 0 spiro atoms. The van der Waals surface area contributed by atoms with Gasteiger partial charge in [-0.25, -0.2) is 4.98 Å². The number of methoxy groups -OCH3 is 1. The number of carbonyl (C=O) groups is 2. The van der Waals surface area contributed by atoms with Gasteiger partial charge in [-0.1, -0.05) is 29.3 Å². The summed E-state index contributed by atoms with van der Waals surface area (Å²) in [7, 11) is 1.58. The molecule has 4 aromatic carbocycles. The van der Waals surface area contributed by atoms with Gasteiger partial charge in [0.1, 0.15) is 11.6 Å². The normalized spacial score (nSPS) is 10.8. The van der Waals surface area contributed by atoms with Crippen LogP contribution in [0.4, 0.5) is 11.4 Å². The van der Waals surface area contributed by atoms with Crippen LogP contribution in [-0.4, -0.2) is 28.9 Å². The number of hydrogen-bond donors (Lipinski definition) is 3. The number of benzene rings is 4. The second-order valence-corrected chi connectivity index (χ2v) is 8.94. The van der Waals surface area contributed by atoms with Gasteiger partial charge in [-0.05, 0) is 78.9 Å². The molecule has 0 bridgehead atoms. The molecule has 9 heteroatoms. The van der Waals surface area contributed by atoms with Gasteiger partial charge >= 0.3 is 0 Å². The van der Waals surface area contributed by atoms with Crippen molar-refractivity contribution in [2.75, 3.05) is 17.7 Å². The van der Waals surface area contributed by atoms with Crippen molar-refractivity contribution in [1.82, 2.24) is 9.97 Å². The first-order valence-electron chi connectivity index (χ1n) is 11.2. The lowest BCUT2D eigenvalue weighted by Gasteiger charge is -2.08. The van der Waals surface area contributed by atoms with Gasteiger partial charge < -0.3 is 20.4 Å². The molecular weight excluding hydrogens is 511 g/mol. The highest BCUT2D eigenvalue weighted by atomic mass is 35.5. The maximum absolute atomic E-state index is 12.6. The van der Waals surface area contributed by atoms with Crippen LogP contribution in [0.1, 0.15) is 20.7 Å². The van der Waals surface area contributed by atoms with Crippen molar-refractivity contribution >= 4 is 57.4 Å². The third-order valence-electron chi connectivity index (χ3n) is 5.70. The molecule has 1 aromatic heterocycles. The number of halogens is 2. The van der Waals surface area contributed by atoms with Gasteiger partial charge in [-0.2, -0.15) is 0 Å². The summed E-state index contributed by atoms with van der Waals surface area (Å²) >= 11 is 12.3. The molecule has 0 unspecified atom stereocenters. The average Bonchev–Trinajstić information content (AvgIpc) is 3.32. The minimum atomic E-state index is -0.392. The molecule has 5 rings (SSSR count). The number of carbonyl (C=O) groups excluding carboxylic acids is 2. The predicted molar refractivity (Wildman–Crippen MR) is 147 cm³/mol. The van der Waals surface area contributed by atoms with Crippen LogP contribution >= 0.6 is 23.2 Å². The lowest BCUT2D eigenvalue weighted by molar-refractivity contribution is 0.101. The van der Waals surface area contributed by atoms with E-state index in [9.17, 15) is 9.59 Å².